The predicted octanol–water partition coefficient (Wildman–Crippen LogP) is 0.0577. The van der Waals surface area contributed by atoms with Crippen molar-refractivity contribution in [3.63, 3.8) is 0 Å². The summed E-state index contributed by atoms with van der Waals surface area (Å²) in [5.41, 5.74) is 2.82. The number of rotatable bonds is 2. The van der Waals surface area contributed by atoms with Gasteiger partial charge < -0.3 is 9.80 Å². The SMILES string of the molecule is O=C1CCC(C(=O)N2CCN(c3nccs3)CC2)=NN1. The summed E-state index contributed by atoms with van der Waals surface area (Å²) in [4.78, 5) is 31.5. The first-order valence-electron chi connectivity index (χ1n) is 6.53. The molecule has 0 saturated carbocycles. The summed E-state index contributed by atoms with van der Waals surface area (Å²) in [5.74, 6) is -0.195. The molecule has 3 rings (SSSR count). The van der Waals surface area contributed by atoms with Gasteiger partial charge in [0.2, 0.25) is 5.91 Å². The van der Waals surface area contributed by atoms with Crippen LogP contribution in [-0.2, 0) is 9.59 Å². The fourth-order valence-electron chi connectivity index (χ4n) is 2.28. The van der Waals surface area contributed by atoms with Crippen LogP contribution in [0.15, 0.2) is 16.7 Å². The molecule has 2 aliphatic rings. The second-order valence-electron chi connectivity index (χ2n) is 4.69. The van der Waals surface area contributed by atoms with Crippen molar-refractivity contribution in [2.75, 3.05) is 31.1 Å². The van der Waals surface area contributed by atoms with E-state index in [-0.39, 0.29) is 11.8 Å². The largest absolute Gasteiger partial charge is 0.345 e. The van der Waals surface area contributed by atoms with Crippen molar-refractivity contribution in [3.05, 3.63) is 11.6 Å². The average molecular weight is 293 g/mol. The zero-order valence-corrected chi connectivity index (χ0v) is 11.7. The number of hydrogen-bond donors (Lipinski definition) is 1. The number of nitrogens with one attached hydrogen (secondary N) is 1. The minimum atomic E-state index is -0.130. The molecular formula is C12H15N5O2S. The van der Waals surface area contributed by atoms with Crippen molar-refractivity contribution in [2.24, 2.45) is 5.10 Å². The number of piperazine rings is 1. The Bertz CT molecular complexity index is 534. The van der Waals surface area contributed by atoms with Gasteiger partial charge in [-0.25, -0.2) is 10.4 Å². The molecule has 1 aromatic heterocycles. The van der Waals surface area contributed by atoms with Gasteiger partial charge in [0.25, 0.3) is 5.91 Å². The first-order valence-corrected chi connectivity index (χ1v) is 7.41. The maximum absolute atomic E-state index is 12.3. The second-order valence-corrected chi connectivity index (χ2v) is 5.56. The summed E-state index contributed by atoms with van der Waals surface area (Å²) in [5, 5.41) is 6.81. The molecule has 0 aliphatic carbocycles. The predicted molar refractivity (Wildman–Crippen MR) is 75.7 cm³/mol. The van der Waals surface area contributed by atoms with Crippen LogP contribution in [0.1, 0.15) is 12.8 Å². The Kier molecular flexibility index (Phi) is 3.64. The minimum Gasteiger partial charge on any atom is -0.345 e. The number of hydrogen-bond acceptors (Lipinski definition) is 6. The van der Waals surface area contributed by atoms with E-state index >= 15 is 0 Å². The summed E-state index contributed by atoms with van der Waals surface area (Å²) in [7, 11) is 0. The van der Waals surface area contributed by atoms with Gasteiger partial charge in [-0.3, -0.25) is 9.59 Å². The molecule has 0 aromatic carbocycles. The minimum absolute atomic E-state index is 0.0659. The molecule has 106 valence electrons. The lowest BCUT2D eigenvalue weighted by Gasteiger charge is -2.34. The lowest BCUT2D eigenvalue weighted by Crippen LogP contribution is -2.51. The lowest BCUT2D eigenvalue weighted by molar-refractivity contribution is -0.124. The third-order valence-corrected chi connectivity index (χ3v) is 4.24. The Hall–Kier alpha value is -1.96. The Balaban J connectivity index is 1.58. The van der Waals surface area contributed by atoms with Crippen LogP contribution < -0.4 is 10.3 Å². The highest BCUT2D eigenvalue weighted by Gasteiger charge is 2.27. The second kappa shape index (κ2) is 5.58. The van der Waals surface area contributed by atoms with Crippen molar-refractivity contribution in [1.29, 1.82) is 0 Å². The normalized spacial score (nSPS) is 19.6. The van der Waals surface area contributed by atoms with Crippen molar-refractivity contribution in [3.8, 4) is 0 Å². The number of carbonyl (C=O) groups is 2. The van der Waals surface area contributed by atoms with Crippen molar-refractivity contribution < 1.29 is 9.59 Å². The maximum atomic E-state index is 12.3. The Morgan fingerprint density at radius 2 is 2.05 bits per heavy atom. The molecule has 8 heteroatoms. The first kappa shape index (κ1) is 13.0. The molecule has 2 amide bonds. The molecule has 1 N–H and O–H groups in total. The highest BCUT2D eigenvalue weighted by Crippen LogP contribution is 2.19. The van der Waals surface area contributed by atoms with Crippen LogP contribution in [0.4, 0.5) is 5.13 Å². The number of thiazole rings is 1. The van der Waals surface area contributed by atoms with Crippen LogP contribution in [0, 0.1) is 0 Å². The Labute approximate surface area is 120 Å². The number of aromatic nitrogens is 1. The van der Waals surface area contributed by atoms with Crippen LogP contribution in [0.3, 0.4) is 0 Å². The van der Waals surface area contributed by atoms with Gasteiger partial charge in [-0.2, -0.15) is 5.10 Å². The number of anilines is 1. The van der Waals surface area contributed by atoms with E-state index in [1.54, 1.807) is 22.4 Å². The van der Waals surface area contributed by atoms with Gasteiger partial charge >= 0.3 is 0 Å². The van der Waals surface area contributed by atoms with Gasteiger partial charge in [0, 0.05) is 50.6 Å². The van der Waals surface area contributed by atoms with Gasteiger partial charge in [0.05, 0.1) is 0 Å². The third kappa shape index (κ3) is 2.64. The third-order valence-electron chi connectivity index (χ3n) is 3.41. The average Bonchev–Trinajstić information content (AvgIpc) is 3.02. The van der Waals surface area contributed by atoms with E-state index in [4.69, 9.17) is 0 Å². The molecular weight excluding hydrogens is 278 g/mol. The van der Waals surface area contributed by atoms with E-state index in [1.165, 1.54) is 0 Å². The highest BCUT2D eigenvalue weighted by molar-refractivity contribution is 7.13. The van der Waals surface area contributed by atoms with Crippen LogP contribution in [0.5, 0.6) is 0 Å². The number of nitrogens with zero attached hydrogens (tertiary/aromatic N) is 4. The van der Waals surface area contributed by atoms with E-state index in [1.807, 2.05) is 5.38 Å². The van der Waals surface area contributed by atoms with Crippen LogP contribution in [0.25, 0.3) is 0 Å². The van der Waals surface area contributed by atoms with Gasteiger partial charge in [0.15, 0.2) is 5.13 Å². The fourth-order valence-corrected chi connectivity index (χ4v) is 2.98. The molecule has 1 saturated heterocycles. The molecule has 7 nitrogen and oxygen atoms in total. The van der Waals surface area contributed by atoms with E-state index < -0.39 is 0 Å². The summed E-state index contributed by atoms with van der Waals surface area (Å²) in [6.07, 6.45) is 2.55. The fraction of sp³-hybridized carbons (Fsp3) is 0.500. The van der Waals surface area contributed by atoms with E-state index in [0.717, 1.165) is 18.2 Å². The van der Waals surface area contributed by atoms with Crippen molar-refractivity contribution >= 4 is 34.0 Å². The summed E-state index contributed by atoms with van der Waals surface area (Å²) >= 11 is 1.61. The van der Waals surface area contributed by atoms with Crippen molar-refractivity contribution in [1.82, 2.24) is 15.3 Å². The standard InChI is InChI=1S/C12H15N5O2S/c18-10-2-1-9(14-15-10)11(19)16-4-6-17(7-5-16)12-13-3-8-20-12/h3,8H,1-2,4-7H2,(H,15,18). The monoisotopic (exact) mass is 293 g/mol. The zero-order chi connectivity index (χ0) is 13.9. The molecule has 1 fully saturated rings. The maximum Gasteiger partial charge on any atom is 0.270 e. The molecule has 0 spiro atoms. The molecule has 0 atom stereocenters. The summed E-state index contributed by atoms with van der Waals surface area (Å²) in [6, 6.07) is 0. The van der Waals surface area contributed by atoms with Gasteiger partial charge in [-0.1, -0.05) is 0 Å². The van der Waals surface area contributed by atoms with Gasteiger partial charge in [0.1, 0.15) is 5.71 Å². The van der Waals surface area contributed by atoms with Gasteiger partial charge in [-0.05, 0) is 0 Å². The number of amides is 2. The molecule has 0 bridgehead atoms. The molecule has 20 heavy (non-hydrogen) atoms. The van der Waals surface area contributed by atoms with Gasteiger partial charge in [-0.15, -0.1) is 11.3 Å². The first-order chi connectivity index (χ1) is 9.74. The molecule has 0 radical (unpaired) electrons. The van der Waals surface area contributed by atoms with Crippen LogP contribution in [-0.4, -0.2) is 53.6 Å². The Morgan fingerprint density at radius 1 is 1.25 bits per heavy atom. The summed E-state index contributed by atoms with van der Waals surface area (Å²) in [6.45, 7) is 2.87. The van der Waals surface area contributed by atoms with Crippen molar-refractivity contribution in [2.45, 2.75) is 12.8 Å². The molecule has 1 aromatic rings. The smallest absolute Gasteiger partial charge is 0.270 e. The lowest BCUT2D eigenvalue weighted by atomic mass is 10.1. The van der Waals surface area contributed by atoms with Crippen LogP contribution >= 0.6 is 11.3 Å². The quantitative estimate of drug-likeness (QED) is 0.836. The number of hydrazone groups is 1. The highest BCUT2D eigenvalue weighted by atomic mass is 32.1. The van der Waals surface area contributed by atoms with E-state index in [2.05, 4.69) is 20.4 Å². The number of carbonyl (C=O) groups excluding carboxylic acids is 2. The topological polar surface area (TPSA) is 77.9 Å². The molecule has 3 heterocycles. The Morgan fingerprint density at radius 3 is 2.65 bits per heavy atom. The zero-order valence-electron chi connectivity index (χ0n) is 10.9. The molecule has 2 aliphatic heterocycles. The van der Waals surface area contributed by atoms with Crippen LogP contribution in [0.2, 0.25) is 0 Å². The van der Waals surface area contributed by atoms with E-state index in [0.29, 0.717) is 31.6 Å². The van der Waals surface area contributed by atoms with E-state index in [9.17, 15) is 9.59 Å². The summed E-state index contributed by atoms with van der Waals surface area (Å²) < 4.78 is 0. The molecule has 0 unspecified atom stereocenters.